The zero-order chi connectivity index (χ0) is 35.8. The first-order chi connectivity index (χ1) is 23.1. The van der Waals surface area contributed by atoms with Crippen molar-refractivity contribution in [3.8, 4) is 0 Å². The number of hydrogen-bond acceptors (Lipinski definition) is 4. The molecule has 0 spiro atoms. The van der Waals surface area contributed by atoms with Crippen molar-refractivity contribution >= 4 is 51.6 Å². The molecule has 49 heavy (non-hydrogen) atoms. The van der Waals surface area contributed by atoms with E-state index in [1.807, 2.05) is 0 Å². The molecule has 3 N–H and O–H groups in total. The van der Waals surface area contributed by atoms with Crippen LogP contribution in [0.2, 0.25) is 0 Å². The molecule has 7 nitrogen and oxygen atoms in total. The van der Waals surface area contributed by atoms with Crippen LogP contribution in [0.5, 0.6) is 0 Å². The van der Waals surface area contributed by atoms with Crippen LogP contribution in [0.1, 0.15) is 206 Å². The normalized spacial score (nSPS) is 12.9. The average molecular weight is 723 g/mol. The molecule has 0 aromatic heterocycles. The standard InChI is InChI=1S/C40H74O7S.Na.H/c1-3-5-7-9-11-13-15-17-19-21-23-25-27-29-31-33-35-40(39(43)44,37(38(41)42)48(45,46)47)36-34-32-30-28-26-24-22-20-18-16-14-12-10-8-6-4-2;;/h17-20,37H,3-16,21-36H2,1-2H3,(H,41,42)(H,43,44)(H,45,46,47);;/b19-17-,20-18-;;. The minimum absolute atomic E-state index is 0. The second-order valence-corrected chi connectivity index (χ2v) is 15.6. The van der Waals surface area contributed by atoms with Crippen LogP contribution in [0.4, 0.5) is 0 Å². The van der Waals surface area contributed by atoms with E-state index in [-0.39, 0.29) is 42.4 Å². The first-order valence-corrected chi connectivity index (χ1v) is 21.4. The van der Waals surface area contributed by atoms with Crippen LogP contribution in [0.3, 0.4) is 0 Å². The minimum atomic E-state index is -5.10. The van der Waals surface area contributed by atoms with Crippen molar-refractivity contribution < 1.29 is 32.8 Å². The van der Waals surface area contributed by atoms with E-state index in [1.54, 1.807) is 0 Å². The summed E-state index contributed by atoms with van der Waals surface area (Å²) in [5.74, 6) is -3.25. The fourth-order valence-electron chi connectivity index (χ4n) is 6.74. The van der Waals surface area contributed by atoms with Crippen molar-refractivity contribution in [3.63, 3.8) is 0 Å². The third-order valence-electron chi connectivity index (χ3n) is 9.72. The SMILES string of the molecule is CCCCCCCC/C=C\CCCCCCCCC(CCCCCCCC/C=C\CCCCCCCC)(C(=O)O)C(C(=O)O)S(=O)(=O)O.[NaH]. The van der Waals surface area contributed by atoms with Crippen molar-refractivity contribution in [2.75, 3.05) is 0 Å². The molecule has 0 aliphatic rings. The van der Waals surface area contributed by atoms with Crippen LogP contribution >= 0.6 is 0 Å². The number of rotatable bonds is 36. The number of carboxylic acids is 2. The van der Waals surface area contributed by atoms with Crippen LogP contribution in [0.25, 0.3) is 0 Å². The summed E-state index contributed by atoms with van der Waals surface area (Å²) >= 11 is 0. The van der Waals surface area contributed by atoms with Crippen molar-refractivity contribution in [1.29, 1.82) is 0 Å². The molecule has 0 amide bonds. The van der Waals surface area contributed by atoms with Gasteiger partial charge in [-0.2, -0.15) is 8.42 Å². The first-order valence-electron chi connectivity index (χ1n) is 19.9. The van der Waals surface area contributed by atoms with Gasteiger partial charge in [0.25, 0.3) is 10.1 Å². The summed E-state index contributed by atoms with van der Waals surface area (Å²) in [6.07, 6.45) is 39.4. The van der Waals surface area contributed by atoms with Gasteiger partial charge in [0, 0.05) is 0 Å². The Hall–Kier alpha value is -0.670. The molecule has 0 rings (SSSR count). The summed E-state index contributed by atoms with van der Waals surface area (Å²) < 4.78 is 34.2. The van der Waals surface area contributed by atoms with Gasteiger partial charge in [-0.1, -0.05) is 167 Å². The molecule has 0 fully saturated rings. The zero-order valence-corrected chi connectivity index (χ0v) is 31.8. The van der Waals surface area contributed by atoms with E-state index >= 15 is 0 Å². The molecule has 0 aliphatic heterocycles. The van der Waals surface area contributed by atoms with Gasteiger partial charge in [-0.15, -0.1) is 0 Å². The molecule has 0 saturated heterocycles. The summed E-state index contributed by atoms with van der Waals surface area (Å²) in [5, 5.41) is 17.6. The maximum atomic E-state index is 12.5. The number of aliphatic carboxylic acids is 2. The second-order valence-electron chi connectivity index (χ2n) is 14.1. The summed E-state index contributed by atoms with van der Waals surface area (Å²) in [5.41, 5.74) is -2.04. The molecule has 1 unspecified atom stereocenters. The number of carboxylic acid groups (broad SMARTS) is 2. The molecular formula is C40H75NaO7S. The Morgan fingerprint density at radius 1 is 0.510 bits per heavy atom. The van der Waals surface area contributed by atoms with Gasteiger partial charge in [0.15, 0.2) is 5.25 Å². The number of carbonyl (C=O) groups is 2. The van der Waals surface area contributed by atoms with E-state index < -0.39 is 32.7 Å². The van der Waals surface area contributed by atoms with Crippen molar-refractivity contribution in [2.45, 2.75) is 212 Å². The van der Waals surface area contributed by atoms with E-state index in [9.17, 15) is 32.8 Å². The van der Waals surface area contributed by atoms with Gasteiger partial charge in [-0.05, 0) is 64.2 Å². The predicted molar refractivity (Wildman–Crippen MR) is 208 cm³/mol. The monoisotopic (exact) mass is 723 g/mol. The third kappa shape index (κ3) is 27.6. The number of unbranched alkanes of at least 4 members (excludes halogenated alkanes) is 24. The van der Waals surface area contributed by atoms with Gasteiger partial charge in [-0.3, -0.25) is 14.1 Å². The quantitative estimate of drug-likeness (QED) is 0.0254. The molecule has 0 bridgehead atoms. The maximum absolute atomic E-state index is 12.5. The van der Waals surface area contributed by atoms with Gasteiger partial charge < -0.3 is 10.2 Å². The van der Waals surface area contributed by atoms with Gasteiger partial charge >= 0.3 is 41.5 Å². The van der Waals surface area contributed by atoms with E-state index in [0.29, 0.717) is 25.7 Å². The van der Waals surface area contributed by atoms with Crippen LogP contribution in [0.15, 0.2) is 24.3 Å². The number of hydrogen-bond donors (Lipinski definition) is 3. The van der Waals surface area contributed by atoms with Gasteiger partial charge in [0.1, 0.15) is 0 Å². The average Bonchev–Trinajstić information content (AvgIpc) is 3.03. The zero-order valence-electron chi connectivity index (χ0n) is 31.0. The Kier molecular flexibility index (Phi) is 35.4. The van der Waals surface area contributed by atoms with E-state index in [2.05, 4.69) is 38.2 Å². The van der Waals surface area contributed by atoms with Crippen LogP contribution in [-0.2, 0) is 19.7 Å². The van der Waals surface area contributed by atoms with Crippen LogP contribution in [0, 0.1) is 5.41 Å². The van der Waals surface area contributed by atoms with Crippen LogP contribution < -0.4 is 0 Å². The molecule has 284 valence electrons. The molecular weight excluding hydrogens is 647 g/mol. The third-order valence-corrected chi connectivity index (χ3v) is 11.0. The predicted octanol–water partition coefficient (Wildman–Crippen LogP) is 11.6. The van der Waals surface area contributed by atoms with E-state index in [4.69, 9.17) is 0 Å². The van der Waals surface area contributed by atoms with Gasteiger partial charge in [0.2, 0.25) is 0 Å². The molecule has 0 radical (unpaired) electrons. The van der Waals surface area contributed by atoms with Crippen molar-refractivity contribution in [3.05, 3.63) is 24.3 Å². The Balaban J connectivity index is 0. The molecule has 0 aromatic rings. The molecule has 9 heteroatoms. The Morgan fingerprint density at radius 2 is 0.776 bits per heavy atom. The fraction of sp³-hybridized carbons (Fsp3) is 0.850. The van der Waals surface area contributed by atoms with Gasteiger partial charge in [0.05, 0.1) is 5.41 Å². The summed E-state index contributed by atoms with van der Waals surface area (Å²) in [6, 6.07) is 0. The van der Waals surface area contributed by atoms with Crippen molar-refractivity contribution in [2.24, 2.45) is 5.41 Å². The van der Waals surface area contributed by atoms with E-state index in [1.165, 1.54) is 77.0 Å². The van der Waals surface area contributed by atoms with E-state index in [0.717, 1.165) is 77.0 Å². The molecule has 0 saturated carbocycles. The molecule has 1 atom stereocenters. The molecule has 0 heterocycles. The fourth-order valence-corrected chi connectivity index (χ4v) is 7.90. The summed E-state index contributed by atoms with van der Waals surface area (Å²) in [7, 11) is -5.10. The molecule has 0 aliphatic carbocycles. The first kappa shape index (κ1) is 50.4. The number of allylic oxidation sites excluding steroid dienone is 4. The Morgan fingerprint density at radius 3 is 1.02 bits per heavy atom. The summed E-state index contributed by atoms with van der Waals surface area (Å²) in [4.78, 5) is 24.6. The topological polar surface area (TPSA) is 129 Å². The Labute approximate surface area is 324 Å². The Bertz CT molecular complexity index is 906. The van der Waals surface area contributed by atoms with Gasteiger partial charge in [-0.25, -0.2) is 0 Å². The second kappa shape index (κ2) is 34.4. The summed E-state index contributed by atoms with van der Waals surface area (Å²) in [6.45, 7) is 4.47. The molecule has 0 aromatic carbocycles. The van der Waals surface area contributed by atoms with Crippen LogP contribution in [-0.4, -0.2) is 69.9 Å². The van der Waals surface area contributed by atoms with Crippen molar-refractivity contribution in [1.82, 2.24) is 0 Å².